The number of rotatable bonds is 5. The van der Waals surface area contributed by atoms with Gasteiger partial charge < -0.3 is 14.6 Å². The third-order valence-electron chi connectivity index (χ3n) is 3.95. The Kier molecular flexibility index (Phi) is 5.78. The second kappa shape index (κ2) is 7.62. The van der Waals surface area contributed by atoms with Gasteiger partial charge in [0.05, 0.1) is 13.7 Å². The van der Waals surface area contributed by atoms with Crippen LogP contribution < -0.4 is 4.74 Å². The highest BCUT2D eigenvalue weighted by atomic mass is 32.2. The smallest absolute Gasteiger partial charge is 0.342 e. The molecule has 0 heterocycles. The molecule has 24 heavy (non-hydrogen) atoms. The third kappa shape index (κ3) is 3.51. The second-order valence-electron chi connectivity index (χ2n) is 5.43. The van der Waals surface area contributed by atoms with Gasteiger partial charge in [-0.05, 0) is 62.6 Å². The molecular weight excluding hydrogens is 324 g/mol. The highest BCUT2D eigenvalue weighted by molar-refractivity contribution is 7.99. The monoisotopic (exact) mass is 346 g/mol. The van der Waals surface area contributed by atoms with Crippen LogP contribution in [0.15, 0.2) is 34.1 Å². The number of carbonyl (C=O) groups excluding carboxylic acids is 1. The van der Waals surface area contributed by atoms with Crippen LogP contribution in [0.1, 0.15) is 34.0 Å². The maximum atomic E-state index is 12.2. The Morgan fingerprint density at radius 3 is 2.50 bits per heavy atom. The summed E-state index contributed by atoms with van der Waals surface area (Å²) in [6.45, 7) is 7.60. The van der Waals surface area contributed by atoms with Gasteiger partial charge in [-0.3, -0.25) is 0 Å². The summed E-state index contributed by atoms with van der Waals surface area (Å²) in [7, 11) is 1.63. The molecular formula is C19H22O4S. The molecule has 0 unspecified atom stereocenters. The van der Waals surface area contributed by atoms with E-state index < -0.39 is 5.97 Å². The van der Waals surface area contributed by atoms with E-state index in [1.54, 1.807) is 25.8 Å². The molecule has 4 nitrogen and oxygen atoms in total. The molecule has 0 bridgehead atoms. The van der Waals surface area contributed by atoms with E-state index >= 15 is 0 Å². The van der Waals surface area contributed by atoms with Crippen LogP contribution in [0.3, 0.4) is 0 Å². The highest BCUT2D eigenvalue weighted by Crippen LogP contribution is 2.41. The minimum Gasteiger partial charge on any atom is -0.507 e. The van der Waals surface area contributed by atoms with Crippen LogP contribution in [0.2, 0.25) is 0 Å². The molecule has 128 valence electrons. The summed E-state index contributed by atoms with van der Waals surface area (Å²) >= 11 is 1.54. The van der Waals surface area contributed by atoms with Gasteiger partial charge in [-0.25, -0.2) is 4.79 Å². The Hall–Kier alpha value is -2.14. The summed E-state index contributed by atoms with van der Waals surface area (Å²) in [5.41, 5.74) is 2.60. The summed E-state index contributed by atoms with van der Waals surface area (Å²) in [5.74, 6) is 0.276. The SMILES string of the molecule is CCOC(=O)c1c(C)c(Sc2cccc(OC)c2)c(C)c(C)c1O. The van der Waals surface area contributed by atoms with E-state index in [1.807, 2.05) is 45.0 Å². The molecule has 0 atom stereocenters. The molecule has 0 aromatic heterocycles. The molecule has 0 radical (unpaired) electrons. The summed E-state index contributed by atoms with van der Waals surface area (Å²) in [6.07, 6.45) is 0. The first-order valence-electron chi connectivity index (χ1n) is 7.72. The predicted molar refractivity (Wildman–Crippen MR) is 95.4 cm³/mol. The normalized spacial score (nSPS) is 10.5. The minimum atomic E-state index is -0.497. The minimum absolute atomic E-state index is 0.00144. The van der Waals surface area contributed by atoms with Crippen LogP contribution in [-0.4, -0.2) is 24.8 Å². The van der Waals surface area contributed by atoms with E-state index in [0.29, 0.717) is 5.56 Å². The molecule has 0 spiro atoms. The molecule has 0 aliphatic carbocycles. The number of phenolic OH excluding ortho intramolecular Hbond substituents is 1. The van der Waals surface area contributed by atoms with Gasteiger partial charge in [-0.1, -0.05) is 17.8 Å². The fourth-order valence-electron chi connectivity index (χ4n) is 2.50. The van der Waals surface area contributed by atoms with E-state index in [2.05, 4.69) is 0 Å². The Morgan fingerprint density at radius 2 is 1.88 bits per heavy atom. The quantitative estimate of drug-likeness (QED) is 0.798. The van der Waals surface area contributed by atoms with E-state index in [4.69, 9.17) is 9.47 Å². The van der Waals surface area contributed by atoms with Crippen molar-refractivity contribution in [1.29, 1.82) is 0 Å². The fraction of sp³-hybridized carbons (Fsp3) is 0.316. The third-order valence-corrected chi connectivity index (χ3v) is 5.26. The lowest BCUT2D eigenvalue weighted by Gasteiger charge is -2.18. The number of ether oxygens (including phenoxy) is 2. The maximum absolute atomic E-state index is 12.2. The number of esters is 1. The summed E-state index contributed by atoms with van der Waals surface area (Å²) in [5, 5.41) is 10.4. The average Bonchev–Trinajstić information content (AvgIpc) is 2.57. The van der Waals surface area contributed by atoms with Gasteiger partial charge in [-0.15, -0.1) is 0 Å². The van der Waals surface area contributed by atoms with E-state index in [0.717, 1.165) is 26.7 Å². The largest absolute Gasteiger partial charge is 0.507 e. The standard InChI is InChI=1S/C19H22O4S/c1-6-23-19(21)16-13(4)18(12(3)11(2)17(16)20)24-15-9-7-8-14(10-15)22-5/h7-10,20H,6H2,1-5H3. The van der Waals surface area contributed by atoms with Crippen molar-refractivity contribution in [2.24, 2.45) is 0 Å². The Morgan fingerprint density at radius 1 is 1.17 bits per heavy atom. The van der Waals surface area contributed by atoms with E-state index in [1.165, 1.54) is 0 Å². The molecule has 2 rings (SSSR count). The highest BCUT2D eigenvalue weighted by Gasteiger charge is 2.23. The van der Waals surface area contributed by atoms with Gasteiger partial charge in [0.1, 0.15) is 17.1 Å². The molecule has 2 aromatic rings. The zero-order chi connectivity index (χ0) is 17.9. The average molecular weight is 346 g/mol. The molecule has 1 N–H and O–H groups in total. The maximum Gasteiger partial charge on any atom is 0.342 e. The van der Waals surface area contributed by atoms with Crippen molar-refractivity contribution in [2.45, 2.75) is 37.5 Å². The van der Waals surface area contributed by atoms with Crippen LogP contribution in [0, 0.1) is 20.8 Å². The molecule has 2 aromatic carbocycles. The van der Waals surface area contributed by atoms with Crippen LogP contribution in [0.25, 0.3) is 0 Å². The van der Waals surface area contributed by atoms with Crippen molar-refractivity contribution < 1.29 is 19.4 Å². The predicted octanol–water partition coefficient (Wildman–Crippen LogP) is 4.65. The molecule has 0 aliphatic heterocycles. The Balaban J connectivity index is 2.55. The summed E-state index contributed by atoms with van der Waals surface area (Å²) in [6, 6.07) is 7.73. The number of hydrogen-bond acceptors (Lipinski definition) is 5. The molecule has 0 saturated heterocycles. The number of benzene rings is 2. The van der Waals surface area contributed by atoms with Crippen LogP contribution in [-0.2, 0) is 4.74 Å². The van der Waals surface area contributed by atoms with Crippen molar-refractivity contribution >= 4 is 17.7 Å². The zero-order valence-corrected chi connectivity index (χ0v) is 15.4. The lowest BCUT2D eigenvalue weighted by atomic mass is 9.99. The van der Waals surface area contributed by atoms with Gasteiger partial charge >= 0.3 is 5.97 Å². The van der Waals surface area contributed by atoms with Crippen LogP contribution in [0.4, 0.5) is 0 Å². The summed E-state index contributed by atoms with van der Waals surface area (Å²) < 4.78 is 10.4. The molecule has 5 heteroatoms. The number of hydrogen-bond donors (Lipinski definition) is 1. The van der Waals surface area contributed by atoms with Crippen LogP contribution in [0.5, 0.6) is 11.5 Å². The second-order valence-corrected chi connectivity index (χ2v) is 6.51. The van der Waals surface area contributed by atoms with Gasteiger partial charge in [0.15, 0.2) is 0 Å². The molecule has 0 saturated carbocycles. The van der Waals surface area contributed by atoms with E-state index in [9.17, 15) is 9.90 Å². The van der Waals surface area contributed by atoms with Gasteiger partial charge in [0.2, 0.25) is 0 Å². The van der Waals surface area contributed by atoms with Gasteiger partial charge in [0.25, 0.3) is 0 Å². The molecule has 0 fully saturated rings. The van der Waals surface area contributed by atoms with Crippen molar-refractivity contribution in [1.82, 2.24) is 0 Å². The first-order valence-corrected chi connectivity index (χ1v) is 8.54. The number of aromatic hydroxyl groups is 1. The lowest BCUT2D eigenvalue weighted by molar-refractivity contribution is 0.0521. The summed E-state index contributed by atoms with van der Waals surface area (Å²) in [4.78, 5) is 14.2. The van der Waals surface area contributed by atoms with Gasteiger partial charge in [0, 0.05) is 9.79 Å². The molecule has 0 amide bonds. The topological polar surface area (TPSA) is 55.8 Å². The van der Waals surface area contributed by atoms with Crippen molar-refractivity contribution in [3.63, 3.8) is 0 Å². The molecule has 0 aliphatic rings. The van der Waals surface area contributed by atoms with Crippen molar-refractivity contribution in [3.05, 3.63) is 46.5 Å². The fourth-order valence-corrected chi connectivity index (χ4v) is 3.62. The van der Waals surface area contributed by atoms with Gasteiger partial charge in [-0.2, -0.15) is 0 Å². The first kappa shape index (κ1) is 18.2. The van der Waals surface area contributed by atoms with Crippen LogP contribution >= 0.6 is 11.8 Å². The van der Waals surface area contributed by atoms with Crippen molar-refractivity contribution in [2.75, 3.05) is 13.7 Å². The Labute approximate surface area is 146 Å². The Bertz CT molecular complexity index is 768. The van der Waals surface area contributed by atoms with Crippen molar-refractivity contribution in [3.8, 4) is 11.5 Å². The number of carbonyl (C=O) groups is 1. The van der Waals surface area contributed by atoms with E-state index in [-0.39, 0.29) is 17.9 Å². The number of phenols is 1. The zero-order valence-electron chi connectivity index (χ0n) is 14.6. The number of methoxy groups -OCH3 is 1. The first-order chi connectivity index (χ1) is 11.4. The lowest BCUT2D eigenvalue weighted by Crippen LogP contribution is -2.09.